The summed E-state index contributed by atoms with van der Waals surface area (Å²) < 4.78 is 17.3. The number of hydrogen-bond donors (Lipinski definition) is 0. The molecule has 0 aliphatic heterocycles. The fourth-order valence-electron chi connectivity index (χ4n) is 5.66. The van der Waals surface area contributed by atoms with E-state index in [9.17, 15) is 0 Å². The lowest BCUT2D eigenvalue weighted by Gasteiger charge is -2.18. The van der Waals surface area contributed by atoms with E-state index in [1.807, 2.05) is 36.4 Å². The van der Waals surface area contributed by atoms with Gasteiger partial charge in [-0.2, -0.15) is 0 Å². The molecule has 0 unspecified atom stereocenters. The predicted octanol–water partition coefficient (Wildman–Crippen LogP) is 8.24. The van der Waals surface area contributed by atoms with Gasteiger partial charge in [0.15, 0.2) is 6.61 Å². The van der Waals surface area contributed by atoms with Crippen LogP contribution in [0.3, 0.4) is 0 Å². The topological polar surface area (TPSA) is 58.0 Å². The summed E-state index contributed by atoms with van der Waals surface area (Å²) in [4.78, 5) is 0. The summed E-state index contributed by atoms with van der Waals surface area (Å²) >= 11 is 3.45. The molecule has 41 heavy (non-hydrogen) atoms. The Kier molecular flexibility index (Phi) is 6.44. The van der Waals surface area contributed by atoms with Gasteiger partial charge in [0.1, 0.15) is 5.75 Å². The quantitative estimate of drug-likeness (QED) is 0.184. The molecular weight excluding hydrogens is 576 g/mol. The first-order chi connectivity index (χ1) is 20.0. The van der Waals surface area contributed by atoms with Crippen molar-refractivity contribution >= 4 is 37.7 Å². The number of hydrogen-bond acceptors (Lipinski definition) is 4. The lowest BCUT2D eigenvalue weighted by Crippen LogP contribution is -2.03. The maximum Gasteiger partial charge on any atom is 0.254 e. The summed E-state index contributed by atoms with van der Waals surface area (Å²) in [6.45, 7) is 0.193. The van der Waals surface area contributed by atoms with Gasteiger partial charge in [0.25, 0.3) is 5.89 Å². The Labute approximate surface area is 246 Å². The van der Waals surface area contributed by atoms with E-state index >= 15 is 0 Å². The van der Waals surface area contributed by atoms with Gasteiger partial charge in [-0.1, -0.05) is 64.5 Å². The summed E-state index contributed by atoms with van der Waals surface area (Å²) in [5.74, 6) is 1.69. The van der Waals surface area contributed by atoms with Gasteiger partial charge in [0, 0.05) is 64.2 Å². The Morgan fingerprint density at radius 1 is 0.732 bits per heavy atom. The Morgan fingerprint density at radius 2 is 1.32 bits per heavy atom. The highest BCUT2D eigenvalue weighted by Gasteiger charge is 2.24. The number of fused-ring (bicyclic) bond motifs is 2. The molecule has 202 valence electrons. The molecule has 0 saturated carbocycles. The van der Waals surface area contributed by atoms with Crippen molar-refractivity contribution in [2.45, 2.75) is 12.5 Å². The van der Waals surface area contributed by atoms with Crippen LogP contribution in [0.25, 0.3) is 33.3 Å². The van der Waals surface area contributed by atoms with E-state index in [4.69, 9.17) is 9.15 Å². The van der Waals surface area contributed by atoms with Gasteiger partial charge in [-0.15, -0.1) is 10.2 Å². The molecule has 0 bridgehead atoms. The first-order valence-electron chi connectivity index (χ1n) is 13.4. The predicted molar refractivity (Wildman–Crippen MR) is 165 cm³/mol. The molecule has 0 aliphatic rings. The highest BCUT2D eigenvalue weighted by molar-refractivity contribution is 9.10. The SMILES string of the molecule is Cn1cc(C(c2ccc(OCc3nnc(-c4ccc(Br)cc4)o3)cc2)c2cn(C)c3ccccc23)c2ccccc21. The smallest absolute Gasteiger partial charge is 0.254 e. The van der Waals surface area contributed by atoms with Gasteiger partial charge < -0.3 is 18.3 Å². The molecule has 0 saturated heterocycles. The first-order valence-corrected chi connectivity index (χ1v) is 14.2. The summed E-state index contributed by atoms with van der Waals surface area (Å²) in [6.07, 6.45) is 4.53. The minimum atomic E-state index is 0.0469. The summed E-state index contributed by atoms with van der Waals surface area (Å²) in [5, 5.41) is 10.8. The number of para-hydroxylation sites is 2. The van der Waals surface area contributed by atoms with Crippen molar-refractivity contribution in [2.24, 2.45) is 14.1 Å². The number of benzene rings is 4. The number of aromatic nitrogens is 4. The maximum atomic E-state index is 6.04. The summed E-state index contributed by atoms with van der Waals surface area (Å²) in [6, 6.07) is 33.3. The third-order valence-electron chi connectivity index (χ3n) is 7.61. The second-order valence-corrected chi connectivity index (χ2v) is 11.1. The van der Waals surface area contributed by atoms with Crippen molar-refractivity contribution in [3.05, 3.63) is 137 Å². The fourth-order valence-corrected chi connectivity index (χ4v) is 5.92. The third kappa shape index (κ3) is 4.72. The van der Waals surface area contributed by atoms with Crippen molar-refractivity contribution in [1.29, 1.82) is 0 Å². The maximum absolute atomic E-state index is 6.04. The van der Waals surface area contributed by atoms with Crippen LogP contribution < -0.4 is 4.74 Å². The molecule has 0 spiro atoms. The second kappa shape index (κ2) is 10.4. The molecule has 7 rings (SSSR count). The van der Waals surface area contributed by atoms with Gasteiger partial charge in [0.2, 0.25) is 5.89 Å². The first kappa shape index (κ1) is 25.4. The Bertz CT molecular complexity index is 1900. The largest absolute Gasteiger partial charge is 0.484 e. The van der Waals surface area contributed by atoms with Crippen LogP contribution in [-0.2, 0) is 20.7 Å². The molecule has 0 amide bonds. The molecule has 0 fully saturated rings. The Balaban J connectivity index is 1.21. The molecule has 6 nitrogen and oxygen atoms in total. The van der Waals surface area contributed by atoms with Gasteiger partial charge in [-0.3, -0.25) is 0 Å². The number of aryl methyl sites for hydroxylation is 2. The number of halogens is 1. The van der Waals surface area contributed by atoms with Crippen molar-refractivity contribution in [2.75, 3.05) is 0 Å². The molecule has 0 N–H and O–H groups in total. The minimum Gasteiger partial charge on any atom is -0.484 e. The van der Waals surface area contributed by atoms with Crippen molar-refractivity contribution in [3.8, 4) is 17.2 Å². The number of rotatable bonds is 7. The normalized spacial score (nSPS) is 11.6. The van der Waals surface area contributed by atoms with E-state index in [0.717, 1.165) is 15.8 Å². The molecule has 0 radical (unpaired) electrons. The van der Waals surface area contributed by atoms with Crippen LogP contribution in [0.4, 0.5) is 0 Å². The van der Waals surface area contributed by atoms with Crippen LogP contribution >= 0.6 is 15.9 Å². The number of ether oxygens (including phenoxy) is 1. The average Bonchev–Trinajstić information content (AvgIpc) is 3.70. The molecule has 4 aromatic carbocycles. The van der Waals surface area contributed by atoms with E-state index in [0.29, 0.717) is 11.8 Å². The van der Waals surface area contributed by atoms with Crippen LogP contribution in [0.2, 0.25) is 0 Å². The van der Waals surface area contributed by atoms with Gasteiger partial charge in [0.05, 0.1) is 0 Å². The van der Waals surface area contributed by atoms with Crippen molar-refractivity contribution < 1.29 is 9.15 Å². The van der Waals surface area contributed by atoms with E-state index < -0.39 is 0 Å². The third-order valence-corrected chi connectivity index (χ3v) is 8.14. The molecule has 3 aromatic heterocycles. The monoisotopic (exact) mass is 602 g/mol. The molecule has 3 heterocycles. The highest BCUT2D eigenvalue weighted by atomic mass is 79.9. The van der Waals surface area contributed by atoms with Crippen LogP contribution in [0.5, 0.6) is 5.75 Å². The van der Waals surface area contributed by atoms with E-state index in [-0.39, 0.29) is 12.5 Å². The zero-order chi connectivity index (χ0) is 27.9. The zero-order valence-electron chi connectivity index (χ0n) is 22.7. The molecule has 0 aliphatic carbocycles. The zero-order valence-corrected chi connectivity index (χ0v) is 24.2. The standard InChI is InChI=1S/C34H27BrN4O2/c1-38-19-28(26-7-3-5-9-30(26)38)33(29-20-39(2)31-10-6-4-8-27(29)31)22-13-17-25(18-14-22)40-21-32-36-37-34(41-32)23-11-15-24(35)16-12-23/h3-20,33H,21H2,1-2H3. The lowest BCUT2D eigenvalue weighted by atomic mass is 9.85. The summed E-state index contributed by atoms with van der Waals surface area (Å²) in [5.41, 5.74) is 7.05. The van der Waals surface area contributed by atoms with Gasteiger partial charge >= 0.3 is 0 Å². The van der Waals surface area contributed by atoms with E-state index in [1.54, 1.807) is 0 Å². The molecule has 0 atom stereocenters. The molecule has 7 heteroatoms. The van der Waals surface area contributed by atoms with Gasteiger partial charge in [-0.05, 0) is 65.2 Å². The lowest BCUT2D eigenvalue weighted by molar-refractivity contribution is 0.264. The van der Waals surface area contributed by atoms with E-state index in [2.05, 4.69) is 122 Å². The fraction of sp³-hybridized carbons (Fsp3) is 0.118. The Hall–Kier alpha value is -4.62. The van der Waals surface area contributed by atoms with Crippen LogP contribution in [0.15, 0.2) is 118 Å². The summed E-state index contributed by atoms with van der Waals surface area (Å²) in [7, 11) is 4.23. The van der Waals surface area contributed by atoms with Crippen LogP contribution in [0, 0.1) is 0 Å². The van der Waals surface area contributed by atoms with Crippen LogP contribution in [-0.4, -0.2) is 19.3 Å². The van der Waals surface area contributed by atoms with E-state index in [1.165, 1.54) is 38.5 Å². The van der Waals surface area contributed by atoms with Gasteiger partial charge in [-0.25, -0.2) is 0 Å². The molecular formula is C34H27BrN4O2. The number of nitrogens with zero attached hydrogens (tertiary/aromatic N) is 4. The molecule has 7 aromatic rings. The minimum absolute atomic E-state index is 0.0469. The second-order valence-electron chi connectivity index (χ2n) is 10.2. The van der Waals surface area contributed by atoms with Crippen molar-refractivity contribution in [3.63, 3.8) is 0 Å². The van der Waals surface area contributed by atoms with Crippen molar-refractivity contribution in [1.82, 2.24) is 19.3 Å². The highest BCUT2D eigenvalue weighted by Crippen LogP contribution is 2.41. The van der Waals surface area contributed by atoms with Crippen LogP contribution in [0.1, 0.15) is 28.5 Å². The average molecular weight is 604 g/mol. The Morgan fingerprint density at radius 3 is 1.93 bits per heavy atom.